The summed E-state index contributed by atoms with van der Waals surface area (Å²) in [5, 5.41) is 5.75. The first kappa shape index (κ1) is 6.55. The summed E-state index contributed by atoms with van der Waals surface area (Å²) in [5.41, 5.74) is 0. The summed E-state index contributed by atoms with van der Waals surface area (Å²) in [5.74, 6) is 0.130. The van der Waals surface area contributed by atoms with Crippen LogP contribution in [0.2, 0.25) is 0 Å². The molecule has 9 heavy (non-hydrogen) atoms. The summed E-state index contributed by atoms with van der Waals surface area (Å²) in [6, 6.07) is 0.384. The third kappa shape index (κ3) is 1.21. The van der Waals surface area contributed by atoms with Gasteiger partial charge in [0.05, 0.1) is 6.04 Å². The number of hydrogen-bond donors (Lipinski definition) is 2. The van der Waals surface area contributed by atoms with Crippen molar-refractivity contribution in [1.29, 1.82) is 0 Å². The van der Waals surface area contributed by atoms with Crippen LogP contribution in [-0.2, 0) is 4.79 Å². The number of nitrogens with one attached hydrogen (secondary N) is 2. The lowest BCUT2D eigenvalue weighted by Gasteiger charge is -2.01. The second-order valence-electron chi connectivity index (χ2n) is 2.49. The van der Waals surface area contributed by atoms with E-state index in [1.54, 1.807) is 0 Å². The van der Waals surface area contributed by atoms with Crippen molar-refractivity contribution in [2.24, 2.45) is 0 Å². The summed E-state index contributed by atoms with van der Waals surface area (Å²) >= 11 is 0. The first-order chi connectivity index (χ1) is 4.24. The normalized spacial score (nSPS) is 34.7. The Bertz CT molecular complexity index is 124. The first-order valence-electron chi connectivity index (χ1n) is 3.21. The number of carbonyl (C=O) groups excluding carboxylic acids is 1. The summed E-state index contributed by atoms with van der Waals surface area (Å²) in [6.45, 7) is 2.01. The maximum atomic E-state index is 10.8. The summed E-state index contributed by atoms with van der Waals surface area (Å²) < 4.78 is 0. The predicted molar refractivity (Wildman–Crippen MR) is 35.1 cm³/mol. The standard InChI is InChI=1S/C6H12N2O/c1-4-3-5(7-2)6(9)8-4/h4-5,7H,3H2,1-2H3,(H,8,9)/t4-,5+/m1/s1. The van der Waals surface area contributed by atoms with Gasteiger partial charge in [0.15, 0.2) is 0 Å². The Morgan fingerprint density at radius 3 is 2.67 bits per heavy atom. The summed E-state index contributed by atoms with van der Waals surface area (Å²) in [6.07, 6.45) is 0.912. The Balaban J connectivity index is 2.48. The molecule has 1 aliphatic rings. The molecule has 0 saturated carbocycles. The van der Waals surface area contributed by atoms with Crippen LogP contribution in [0.4, 0.5) is 0 Å². The molecular formula is C6H12N2O. The molecular weight excluding hydrogens is 116 g/mol. The van der Waals surface area contributed by atoms with E-state index in [4.69, 9.17) is 0 Å². The fourth-order valence-corrected chi connectivity index (χ4v) is 1.11. The molecule has 1 heterocycles. The van der Waals surface area contributed by atoms with Gasteiger partial charge < -0.3 is 10.6 Å². The van der Waals surface area contributed by atoms with Gasteiger partial charge in [0.1, 0.15) is 0 Å². The van der Waals surface area contributed by atoms with Crippen molar-refractivity contribution in [3.05, 3.63) is 0 Å². The Morgan fingerprint density at radius 2 is 2.44 bits per heavy atom. The molecule has 0 bridgehead atoms. The van der Waals surface area contributed by atoms with Crippen molar-refractivity contribution in [3.63, 3.8) is 0 Å². The van der Waals surface area contributed by atoms with Gasteiger partial charge in [-0.3, -0.25) is 4.79 Å². The van der Waals surface area contributed by atoms with Crippen molar-refractivity contribution >= 4 is 5.91 Å². The van der Waals surface area contributed by atoms with Crippen LogP contribution in [0.5, 0.6) is 0 Å². The molecule has 0 aromatic heterocycles. The molecule has 2 atom stereocenters. The Morgan fingerprint density at radius 1 is 1.78 bits per heavy atom. The number of rotatable bonds is 1. The van der Waals surface area contributed by atoms with E-state index in [9.17, 15) is 4.79 Å². The quantitative estimate of drug-likeness (QED) is 0.499. The van der Waals surface area contributed by atoms with Gasteiger partial charge in [-0.15, -0.1) is 0 Å². The van der Waals surface area contributed by atoms with Crippen LogP contribution in [0.1, 0.15) is 13.3 Å². The minimum Gasteiger partial charge on any atom is -0.352 e. The molecule has 0 aliphatic carbocycles. The monoisotopic (exact) mass is 128 g/mol. The average Bonchev–Trinajstić information content (AvgIpc) is 2.10. The van der Waals surface area contributed by atoms with Gasteiger partial charge in [0.25, 0.3) is 0 Å². The van der Waals surface area contributed by atoms with Gasteiger partial charge in [-0.05, 0) is 20.4 Å². The highest BCUT2D eigenvalue weighted by atomic mass is 16.2. The fraction of sp³-hybridized carbons (Fsp3) is 0.833. The zero-order valence-corrected chi connectivity index (χ0v) is 5.77. The third-order valence-electron chi connectivity index (χ3n) is 1.64. The van der Waals surface area contributed by atoms with Crippen molar-refractivity contribution < 1.29 is 4.79 Å². The summed E-state index contributed by atoms with van der Waals surface area (Å²) in [7, 11) is 1.81. The second kappa shape index (κ2) is 2.35. The molecule has 52 valence electrons. The lowest BCUT2D eigenvalue weighted by molar-refractivity contribution is -0.120. The van der Waals surface area contributed by atoms with E-state index in [0.29, 0.717) is 6.04 Å². The smallest absolute Gasteiger partial charge is 0.237 e. The zero-order chi connectivity index (χ0) is 6.85. The SMILES string of the molecule is CN[C@H]1C[C@@H](C)NC1=O. The highest BCUT2D eigenvalue weighted by molar-refractivity contribution is 5.84. The maximum Gasteiger partial charge on any atom is 0.237 e. The third-order valence-corrected chi connectivity index (χ3v) is 1.64. The number of amides is 1. The molecule has 3 heteroatoms. The highest BCUT2D eigenvalue weighted by Gasteiger charge is 2.26. The molecule has 1 amide bonds. The Kier molecular flexibility index (Phi) is 1.71. The Hall–Kier alpha value is -0.570. The van der Waals surface area contributed by atoms with Crippen molar-refractivity contribution in [2.75, 3.05) is 7.05 Å². The van der Waals surface area contributed by atoms with Gasteiger partial charge in [-0.1, -0.05) is 0 Å². The number of carbonyl (C=O) groups is 1. The van der Waals surface area contributed by atoms with E-state index in [-0.39, 0.29) is 11.9 Å². The van der Waals surface area contributed by atoms with Crippen LogP contribution in [0.15, 0.2) is 0 Å². The van der Waals surface area contributed by atoms with Gasteiger partial charge >= 0.3 is 0 Å². The lowest BCUT2D eigenvalue weighted by atomic mass is 10.2. The molecule has 1 aliphatic heterocycles. The number of likely N-dealkylation sites (N-methyl/N-ethyl adjacent to an activating group) is 1. The van der Waals surface area contributed by atoms with Crippen LogP contribution >= 0.6 is 0 Å². The Labute approximate surface area is 54.8 Å². The molecule has 1 rings (SSSR count). The average molecular weight is 128 g/mol. The van der Waals surface area contributed by atoms with Crippen molar-refractivity contribution in [1.82, 2.24) is 10.6 Å². The van der Waals surface area contributed by atoms with Gasteiger partial charge in [-0.25, -0.2) is 0 Å². The molecule has 0 aromatic rings. The van der Waals surface area contributed by atoms with E-state index in [0.717, 1.165) is 6.42 Å². The second-order valence-corrected chi connectivity index (χ2v) is 2.49. The first-order valence-corrected chi connectivity index (χ1v) is 3.21. The van der Waals surface area contributed by atoms with Crippen LogP contribution in [0.3, 0.4) is 0 Å². The molecule has 0 aromatic carbocycles. The van der Waals surface area contributed by atoms with Gasteiger partial charge in [0, 0.05) is 6.04 Å². The molecule has 3 nitrogen and oxygen atoms in total. The summed E-state index contributed by atoms with van der Waals surface area (Å²) in [4.78, 5) is 10.8. The van der Waals surface area contributed by atoms with Crippen LogP contribution in [0.25, 0.3) is 0 Å². The van der Waals surface area contributed by atoms with Crippen LogP contribution in [-0.4, -0.2) is 25.0 Å². The minimum absolute atomic E-state index is 0.0417. The van der Waals surface area contributed by atoms with Gasteiger partial charge in [-0.2, -0.15) is 0 Å². The van der Waals surface area contributed by atoms with Crippen molar-refractivity contribution in [3.8, 4) is 0 Å². The van der Waals surface area contributed by atoms with E-state index in [2.05, 4.69) is 10.6 Å². The lowest BCUT2D eigenvalue weighted by Crippen LogP contribution is -2.33. The minimum atomic E-state index is 0.0417. The zero-order valence-electron chi connectivity index (χ0n) is 5.77. The molecule has 0 spiro atoms. The van der Waals surface area contributed by atoms with Gasteiger partial charge in [0.2, 0.25) is 5.91 Å². The molecule has 2 N–H and O–H groups in total. The van der Waals surface area contributed by atoms with Crippen LogP contribution in [0, 0.1) is 0 Å². The highest BCUT2D eigenvalue weighted by Crippen LogP contribution is 2.05. The van der Waals surface area contributed by atoms with E-state index in [1.165, 1.54) is 0 Å². The van der Waals surface area contributed by atoms with Crippen LogP contribution < -0.4 is 10.6 Å². The molecule has 1 saturated heterocycles. The van der Waals surface area contributed by atoms with Crippen molar-refractivity contribution in [2.45, 2.75) is 25.4 Å². The fourth-order valence-electron chi connectivity index (χ4n) is 1.11. The molecule has 0 radical (unpaired) electrons. The van der Waals surface area contributed by atoms with E-state index < -0.39 is 0 Å². The van der Waals surface area contributed by atoms with E-state index in [1.807, 2.05) is 14.0 Å². The molecule has 0 unspecified atom stereocenters. The number of hydrogen-bond acceptors (Lipinski definition) is 2. The predicted octanol–water partition coefficient (Wildman–Crippen LogP) is -0.517. The van der Waals surface area contributed by atoms with E-state index >= 15 is 0 Å². The molecule has 1 fully saturated rings. The largest absolute Gasteiger partial charge is 0.352 e. The maximum absolute atomic E-state index is 10.8. The topological polar surface area (TPSA) is 41.1 Å².